The summed E-state index contributed by atoms with van der Waals surface area (Å²) in [6.07, 6.45) is 3.90. The largest absolute Gasteiger partial charge is 0.396 e. The van der Waals surface area contributed by atoms with Gasteiger partial charge >= 0.3 is 0 Å². The van der Waals surface area contributed by atoms with Crippen LogP contribution in [0.15, 0.2) is 0 Å². The fourth-order valence-corrected chi connectivity index (χ4v) is 4.97. The smallest absolute Gasteiger partial charge is 0.160 e. The zero-order chi connectivity index (χ0) is 13.5. The lowest BCUT2D eigenvalue weighted by Gasteiger charge is -2.26. The van der Waals surface area contributed by atoms with E-state index >= 15 is 0 Å². The lowest BCUT2D eigenvalue weighted by Crippen LogP contribution is -2.28. The van der Waals surface area contributed by atoms with Crippen LogP contribution in [0, 0.1) is 5.92 Å². The first-order chi connectivity index (χ1) is 9.12. The van der Waals surface area contributed by atoms with Gasteiger partial charge in [0.15, 0.2) is 15.7 Å². The molecule has 0 bridgehead atoms. The molecular formula is C12H19N3O3S. The first-order valence-electron chi connectivity index (χ1n) is 6.86. The van der Waals surface area contributed by atoms with Crippen LogP contribution in [0.3, 0.4) is 0 Å². The van der Waals surface area contributed by atoms with Gasteiger partial charge in [0.05, 0.1) is 5.75 Å². The van der Waals surface area contributed by atoms with Crippen LogP contribution in [0.2, 0.25) is 0 Å². The fourth-order valence-electron chi connectivity index (χ4n) is 3.05. The molecule has 0 aliphatic carbocycles. The lowest BCUT2D eigenvalue weighted by atomic mass is 9.99. The zero-order valence-electron chi connectivity index (χ0n) is 10.8. The summed E-state index contributed by atoms with van der Waals surface area (Å²) in [4.78, 5) is 0. The molecule has 0 radical (unpaired) electrons. The standard InChI is InChI=1S/C12H19N3O3S/c16-8-9-4-5-15-11(7-9)13-14-12(15)10-3-1-2-6-19(10,17)18/h9-10,16H,1-8H2. The predicted molar refractivity (Wildman–Crippen MR) is 69.3 cm³/mol. The maximum atomic E-state index is 12.2. The first-order valence-corrected chi connectivity index (χ1v) is 8.58. The second-order valence-corrected chi connectivity index (χ2v) is 7.82. The van der Waals surface area contributed by atoms with E-state index in [1.807, 2.05) is 4.57 Å². The van der Waals surface area contributed by atoms with E-state index in [1.54, 1.807) is 0 Å². The number of hydrogen-bond acceptors (Lipinski definition) is 5. The highest BCUT2D eigenvalue weighted by atomic mass is 32.2. The summed E-state index contributed by atoms with van der Waals surface area (Å²) in [6, 6.07) is 0. The summed E-state index contributed by atoms with van der Waals surface area (Å²) in [5.41, 5.74) is 0. The number of aromatic nitrogens is 3. The molecule has 106 valence electrons. The number of nitrogens with zero attached hydrogens (tertiary/aromatic N) is 3. The molecule has 3 rings (SSSR count). The Morgan fingerprint density at radius 2 is 2.11 bits per heavy atom. The van der Waals surface area contributed by atoms with E-state index in [2.05, 4.69) is 10.2 Å². The molecule has 1 aromatic rings. The molecule has 19 heavy (non-hydrogen) atoms. The van der Waals surface area contributed by atoms with Crippen molar-refractivity contribution in [3.05, 3.63) is 11.6 Å². The minimum absolute atomic E-state index is 0.157. The van der Waals surface area contributed by atoms with Gasteiger partial charge in [0.1, 0.15) is 11.1 Å². The van der Waals surface area contributed by atoms with Crippen molar-refractivity contribution in [3.8, 4) is 0 Å². The molecule has 1 aromatic heterocycles. The molecule has 7 heteroatoms. The van der Waals surface area contributed by atoms with Crippen LogP contribution in [-0.4, -0.2) is 40.6 Å². The monoisotopic (exact) mass is 285 g/mol. The van der Waals surface area contributed by atoms with Crippen molar-refractivity contribution in [2.75, 3.05) is 12.4 Å². The molecule has 6 nitrogen and oxygen atoms in total. The number of fused-ring (bicyclic) bond motifs is 1. The van der Waals surface area contributed by atoms with E-state index in [0.29, 0.717) is 18.7 Å². The van der Waals surface area contributed by atoms with Gasteiger partial charge in [-0.15, -0.1) is 10.2 Å². The Labute approximate surface area is 112 Å². The predicted octanol–water partition coefficient (Wildman–Crippen LogP) is 0.473. The summed E-state index contributed by atoms with van der Waals surface area (Å²) in [6.45, 7) is 0.874. The zero-order valence-corrected chi connectivity index (χ0v) is 11.6. The third kappa shape index (κ3) is 2.29. The average Bonchev–Trinajstić information content (AvgIpc) is 2.81. The van der Waals surface area contributed by atoms with E-state index in [9.17, 15) is 13.5 Å². The number of aliphatic hydroxyl groups excluding tert-OH is 1. The average molecular weight is 285 g/mol. The van der Waals surface area contributed by atoms with Gasteiger partial charge in [-0.05, 0) is 25.2 Å². The molecule has 0 spiro atoms. The van der Waals surface area contributed by atoms with Crippen molar-refractivity contribution < 1.29 is 13.5 Å². The van der Waals surface area contributed by atoms with Gasteiger partial charge in [-0.1, -0.05) is 6.42 Å². The summed E-state index contributed by atoms with van der Waals surface area (Å²) in [5, 5.41) is 17.0. The Balaban J connectivity index is 1.93. The van der Waals surface area contributed by atoms with Gasteiger partial charge in [-0.2, -0.15) is 0 Å². The Morgan fingerprint density at radius 1 is 1.26 bits per heavy atom. The number of rotatable bonds is 2. The summed E-state index contributed by atoms with van der Waals surface area (Å²) >= 11 is 0. The number of hydrogen-bond donors (Lipinski definition) is 1. The van der Waals surface area contributed by atoms with Crippen molar-refractivity contribution in [2.45, 2.75) is 43.9 Å². The van der Waals surface area contributed by atoms with Gasteiger partial charge in [0.25, 0.3) is 0 Å². The Morgan fingerprint density at radius 3 is 2.84 bits per heavy atom. The SMILES string of the molecule is O=S1(=O)CCCCC1c1nnc2n1CCC(CO)C2. The van der Waals surface area contributed by atoms with E-state index in [-0.39, 0.29) is 18.3 Å². The van der Waals surface area contributed by atoms with Crippen molar-refractivity contribution in [3.63, 3.8) is 0 Å². The van der Waals surface area contributed by atoms with Crippen molar-refractivity contribution >= 4 is 9.84 Å². The third-order valence-corrected chi connectivity index (χ3v) is 6.38. The lowest BCUT2D eigenvalue weighted by molar-refractivity contribution is 0.198. The second-order valence-electron chi connectivity index (χ2n) is 5.52. The summed E-state index contributed by atoms with van der Waals surface area (Å²) in [7, 11) is -3.07. The molecule has 3 heterocycles. The topological polar surface area (TPSA) is 85.1 Å². The molecule has 2 unspecified atom stereocenters. The highest BCUT2D eigenvalue weighted by Crippen LogP contribution is 2.34. The molecule has 0 aromatic carbocycles. The van der Waals surface area contributed by atoms with E-state index in [0.717, 1.165) is 31.6 Å². The number of sulfone groups is 1. The minimum Gasteiger partial charge on any atom is -0.396 e. The quantitative estimate of drug-likeness (QED) is 0.854. The fraction of sp³-hybridized carbons (Fsp3) is 0.833. The highest BCUT2D eigenvalue weighted by Gasteiger charge is 2.36. The van der Waals surface area contributed by atoms with Gasteiger partial charge in [0.2, 0.25) is 0 Å². The van der Waals surface area contributed by atoms with Gasteiger partial charge in [0, 0.05) is 19.6 Å². The van der Waals surface area contributed by atoms with Crippen LogP contribution in [0.1, 0.15) is 42.6 Å². The van der Waals surface area contributed by atoms with E-state index in [1.165, 1.54) is 0 Å². The van der Waals surface area contributed by atoms with Gasteiger partial charge in [-0.3, -0.25) is 0 Å². The molecule has 0 saturated carbocycles. The third-order valence-electron chi connectivity index (χ3n) is 4.21. The molecule has 1 saturated heterocycles. The molecule has 1 fully saturated rings. The molecule has 2 aliphatic heterocycles. The highest BCUT2D eigenvalue weighted by molar-refractivity contribution is 7.91. The molecule has 0 amide bonds. The summed E-state index contributed by atoms with van der Waals surface area (Å²) < 4.78 is 26.3. The number of aliphatic hydroxyl groups is 1. The van der Waals surface area contributed by atoms with E-state index in [4.69, 9.17) is 0 Å². The maximum absolute atomic E-state index is 12.2. The van der Waals surface area contributed by atoms with Crippen LogP contribution < -0.4 is 0 Å². The molecule has 2 aliphatic rings. The van der Waals surface area contributed by atoms with Crippen molar-refractivity contribution in [1.29, 1.82) is 0 Å². The Hall–Kier alpha value is -0.950. The van der Waals surface area contributed by atoms with Crippen LogP contribution in [-0.2, 0) is 22.8 Å². The van der Waals surface area contributed by atoms with Crippen LogP contribution in [0.5, 0.6) is 0 Å². The van der Waals surface area contributed by atoms with Crippen LogP contribution in [0.4, 0.5) is 0 Å². The van der Waals surface area contributed by atoms with E-state index < -0.39 is 15.1 Å². The Bertz CT molecular complexity index is 567. The van der Waals surface area contributed by atoms with Gasteiger partial charge < -0.3 is 9.67 Å². The van der Waals surface area contributed by atoms with Crippen LogP contribution in [0.25, 0.3) is 0 Å². The van der Waals surface area contributed by atoms with Crippen molar-refractivity contribution in [1.82, 2.24) is 14.8 Å². The maximum Gasteiger partial charge on any atom is 0.160 e. The molecule has 2 atom stereocenters. The summed E-state index contributed by atoms with van der Waals surface area (Å²) in [5.74, 6) is 1.93. The molecular weight excluding hydrogens is 266 g/mol. The normalized spacial score (nSPS) is 29.9. The Kier molecular flexibility index (Phi) is 3.34. The second kappa shape index (κ2) is 4.86. The van der Waals surface area contributed by atoms with Crippen molar-refractivity contribution in [2.24, 2.45) is 5.92 Å². The van der Waals surface area contributed by atoms with Gasteiger partial charge in [-0.25, -0.2) is 8.42 Å². The first kappa shape index (κ1) is 13.1. The van der Waals surface area contributed by atoms with Crippen LogP contribution >= 0.6 is 0 Å². The minimum atomic E-state index is -3.07. The molecule has 1 N–H and O–H groups in total.